The molecule has 1 N–H and O–H groups in total. The Morgan fingerprint density at radius 3 is 2.45 bits per heavy atom. The first-order valence-corrected chi connectivity index (χ1v) is 9.96. The number of nitrogens with zero attached hydrogens (tertiary/aromatic N) is 3. The summed E-state index contributed by atoms with van der Waals surface area (Å²) < 4.78 is 40.8. The Morgan fingerprint density at radius 1 is 1.10 bits per heavy atom. The highest BCUT2D eigenvalue weighted by atomic mass is 19.3. The quantitative estimate of drug-likeness (QED) is 0.601. The number of aromatic nitrogens is 2. The van der Waals surface area contributed by atoms with E-state index in [0.29, 0.717) is 11.5 Å². The largest absolute Gasteiger partial charge is 0.361 e. The van der Waals surface area contributed by atoms with Gasteiger partial charge in [0.1, 0.15) is 5.82 Å². The lowest BCUT2D eigenvalue weighted by atomic mass is 9.85. The molecule has 4 rings (SSSR count). The van der Waals surface area contributed by atoms with Crippen molar-refractivity contribution < 1.29 is 18.0 Å². The van der Waals surface area contributed by atoms with E-state index in [2.05, 4.69) is 15.5 Å². The molecule has 1 aliphatic heterocycles. The second-order valence-corrected chi connectivity index (χ2v) is 8.46. The number of nitrogens with one attached hydrogen (secondary N) is 1. The first kappa shape index (κ1) is 21.1. The van der Waals surface area contributed by atoms with Gasteiger partial charge in [0.25, 0.3) is 6.43 Å². The number of hydrogen-bond donors (Lipinski definition) is 1. The van der Waals surface area contributed by atoms with Crippen molar-refractivity contribution in [2.75, 3.05) is 17.3 Å². The number of benzene rings is 2. The summed E-state index contributed by atoms with van der Waals surface area (Å²) in [5, 5.41) is 13.1. The molecule has 1 aromatic heterocycles. The van der Waals surface area contributed by atoms with Crippen LogP contribution in [-0.4, -0.2) is 23.2 Å². The first-order chi connectivity index (χ1) is 14.5. The van der Waals surface area contributed by atoms with Crippen molar-refractivity contribution >= 4 is 28.2 Å². The van der Waals surface area contributed by atoms with Crippen LogP contribution < -0.4 is 10.2 Å². The van der Waals surface area contributed by atoms with Gasteiger partial charge >= 0.3 is 0 Å². The molecule has 31 heavy (non-hydrogen) atoms. The van der Waals surface area contributed by atoms with Crippen LogP contribution in [0.3, 0.4) is 0 Å². The number of alkyl halides is 2. The van der Waals surface area contributed by atoms with E-state index < -0.39 is 29.3 Å². The number of amides is 1. The van der Waals surface area contributed by atoms with Gasteiger partial charge in [0.2, 0.25) is 5.91 Å². The second-order valence-electron chi connectivity index (χ2n) is 8.46. The molecular formula is C23H23F3N4O. The Kier molecular flexibility index (Phi) is 4.91. The average molecular weight is 428 g/mol. The van der Waals surface area contributed by atoms with Gasteiger partial charge in [0.15, 0.2) is 5.82 Å². The molecule has 0 saturated carbocycles. The minimum absolute atomic E-state index is 0.00913. The highest BCUT2D eigenvalue weighted by molar-refractivity contribution is 6.10. The predicted molar refractivity (Wildman–Crippen MR) is 114 cm³/mol. The minimum Gasteiger partial charge on any atom is -0.361 e. The predicted octanol–water partition coefficient (Wildman–Crippen LogP) is 5.44. The maximum absolute atomic E-state index is 14.6. The van der Waals surface area contributed by atoms with Crippen LogP contribution in [0.4, 0.5) is 24.7 Å². The molecule has 3 aromatic rings. The van der Waals surface area contributed by atoms with Crippen LogP contribution in [0.5, 0.6) is 0 Å². The number of anilines is 2. The standard InChI is InChI=1S/C23H23F3N4O/c1-11(13-7-6-8-14(19(13)24)20(25)26)27-21-16-10-18-17(9-15(16)12(2)28-29-21)23(3,4)22(31)30(18)5/h6-11,20H,1-5H3,(H,27,29). The monoisotopic (exact) mass is 428 g/mol. The molecule has 0 fully saturated rings. The summed E-state index contributed by atoms with van der Waals surface area (Å²) in [5.74, 6) is -0.553. The third-order valence-corrected chi connectivity index (χ3v) is 6.07. The molecule has 1 atom stereocenters. The van der Waals surface area contributed by atoms with Gasteiger partial charge in [0, 0.05) is 29.1 Å². The number of fused-ring (bicyclic) bond motifs is 2. The SMILES string of the molecule is Cc1nnc(NC(C)c2cccc(C(F)F)c2F)c2cc3c(cc12)C(C)(C)C(=O)N3C. The lowest BCUT2D eigenvalue weighted by Gasteiger charge is -2.19. The minimum atomic E-state index is -2.90. The van der Waals surface area contributed by atoms with E-state index in [1.54, 1.807) is 18.9 Å². The van der Waals surface area contributed by atoms with E-state index >= 15 is 0 Å². The molecule has 0 aliphatic carbocycles. The van der Waals surface area contributed by atoms with Crippen LogP contribution in [0, 0.1) is 12.7 Å². The highest BCUT2D eigenvalue weighted by Gasteiger charge is 2.42. The van der Waals surface area contributed by atoms with Crippen molar-refractivity contribution in [3.05, 3.63) is 58.5 Å². The topological polar surface area (TPSA) is 58.1 Å². The molecule has 162 valence electrons. The zero-order valence-electron chi connectivity index (χ0n) is 17.9. The molecule has 0 saturated heterocycles. The number of carbonyl (C=O) groups is 1. The van der Waals surface area contributed by atoms with Gasteiger partial charge in [-0.15, -0.1) is 5.10 Å². The zero-order valence-corrected chi connectivity index (χ0v) is 17.9. The fourth-order valence-corrected chi connectivity index (χ4v) is 4.20. The van der Waals surface area contributed by atoms with Crippen molar-refractivity contribution in [3.63, 3.8) is 0 Å². The van der Waals surface area contributed by atoms with Gasteiger partial charge in [-0.05, 0) is 45.4 Å². The average Bonchev–Trinajstić information content (AvgIpc) is 2.89. The van der Waals surface area contributed by atoms with Crippen LogP contribution >= 0.6 is 0 Å². The van der Waals surface area contributed by atoms with Gasteiger partial charge in [-0.2, -0.15) is 5.10 Å². The van der Waals surface area contributed by atoms with E-state index in [1.165, 1.54) is 12.1 Å². The molecule has 1 amide bonds. The second kappa shape index (κ2) is 7.21. The maximum Gasteiger partial charge on any atom is 0.266 e. The Labute approximate surface area is 178 Å². The van der Waals surface area contributed by atoms with Crippen LogP contribution in [0.25, 0.3) is 10.8 Å². The van der Waals surface area contributed by atoms with E-state index in [-0.39, 0.29) is 11.5 Å². The lowest BCUT2D eigenvalue weighted by Crippen LogP contribution is -2.33. The molecule has 8 heteroatoms. The van der Waals surface area contributed by atoms with Gasteiger partial charge < -0.3 is 10.2 Å². The number of aryl methyl sites for hydroxylation is 1. The zero-order chi connectivity index (χ0) is 22.7. The molecule has 2 aromatic carbocycles. The molecule has 0 spiro atoms. The Balaban J connectivity index is 1.81. The van der Waals surface area contributed by atoms with Crippen LogP contribution in [-0.2, 0) is 10.2 Å². The van der Waals surface area contributed by atoms with Gasteiger partial charge in [-0.3, -0.25) is 4.79 Å². The van der Waals surface area contributed by atoms with E-state index in [4.69, 9.17) is 0 Å². The summed E-state index contributed by atoms with van der Waals surface area (Å²) in [6, 6.07) is 7.14. The Morgan fingerprint density at radius 2 is 1.77 bits per heavy atom. The van der Waals surface area contributed by atoms with Crippen molar-refractivity contribution in [3.8, 4) is 0 Å². The number of hydrogen-bond acceptors (Lipinski definition) is 4. The van der Waals surface area contributed by atoms with Gasteiger partial charge in [0.05, 0.1) is 22.7 Å². The van der Waals surface area contributed by atoms with Crippen molar-refractivity contribution in [1.82, 2.24) is 10.2 Å². The third-order valence-electron chi connectivity index (χ3n) is 6.07. The fraction of sp³-hybridized carbons (Fsp3) is 0.348. The van der Waals surface area contributed by atoms with Crippen molar-refractivity contribution in [1.29, 1.82) is 0 Å². The number of carbonyl (C=O) groups excluding carboxylic acids is 1. The summed E-state index contributed by atoms with van der Waals surface area (Å²) in [7, 11) is 1.73. The molecule has 2 heterocycles. The Bertz CT molecular complexity index is 1210. The van der Waals surface area contributed by atoms with E-state index in [1.807, 2.05) is 32.9 Å². The van der Waals surface area contributed by atoms with Crippen LogP contribution in [0.15, 0.2) is 30.3 Å². The number of likely N-dealkylation sites (N-methyl/N-ethyl adjacent to an activating group) is 1. The van der Waals surface area contributed by atoms with Gasteiger partial charge in [-0.25, -0.2) is 13.2 Å². The van der Waals surface area contributed by atoms with Crippen molar-refractivity contribution in [2.45, 2.75) is 45.6 Å². The van der Waals surface area contributed by atoms with Crippen LogP contribution in [0.1, 0.15) is 55.6 Å². The maximum atomic E-state index is 14.6. The smallest absolute Gasteiger partial charge is 0.266 e. The third kappa shape index (κ3) is 3.21. The number of rotatable bonds is 4. The summed E-state index contributed by atoms with van der Waals surface area (Å²) in [5.41, 5.74) is 1.19. The lowest BCUT2D eigenvalue weighted by molar-refractivity contribution is -0.121. The summed E-state index contributed by atoms with van der Waals surface area (Å²) in [4.78, 5) is 14.3. The normalized spacial score (nSPS) is 16.2. The molecule has 5 nitrogen and oxygen atoms in total. The summed E-state index contributed by atoms with van der Waals surface area (Å²) in [6.45, 7) is 7.27. The Hall–Kier alpha value is -3.16. The van der Waals surface area contributed by atoms with E-state index in [9.17, 15) is 18.0 Å². The number of halogens is 3. The molecule has 1 aliphatic rings. The summed E-state index contributed by atoms with van der Waals surface area (Å²) >= 11 is 0. The van der Waals surface area contributed by atoms with Crippen molar-refractivity contribution in [2.24, 2.45) is 0 Å². The van der Waals surface area contributed by atoms with E-state index in [0.717, 1.165) is 28.1 Å². The first-order valence-electron chi connectivity index (χ1n) is 9.96. The molecule has 0 bridgehead atoms. The highest BCUT2D eigenvalue weighted by Crippen LogP contribution is 2.44. The summed E-state index contributed by atoms with van der Waals surface area (Å²) in [6.07, 6.45) is -2.90. The fourth-order valence-electron chi connectivity index (χ4n) is 4.20. The van der Waals surface area contributed by atoms with Gasteiger partial charge in [-0.1, -0.05) is 18.2 Å². The van der Waals surface area contributed by atoms with Crippen LogP contribution in [0.2, 0.25) is 0 Å². The molecule has 0 radical (unpaired) electrons. The molecular weight excluding hydrogens is 405 g/mol. The molecule has 1 unspecified atom stereocenters.